The molecule has 1 saturated carbocycles. The molecule has 8 nitrogen and oxygen atoms in total. The van der Waals surface area contributed by atoms with Crippen LogP contribution in [0.2, 0.25) is 0 Å². The smallest absolute Gasteiger partial charge is 0.267 e. The van der Waals surface area contributed by atoms with Gasteiger partial charge in [-0.3, -0.25) is 9.59 Å². The summed E-state index contributed by atoms with van der Waals surface area (Å²) < 4.78 is 8.54. The Labute approximate surface area is 144 Å². The van der Waals surface area contributed by atoms with Gasteiger partial charge in [0.25, 0.3) is 5.56 Å². The fraction of sp³-hybridized carbons (Fsp3) is 0.529. The predicted molar refractivity (Wildman–Crippen MR) is 89.4 cm³/mol. The van der Waals surface area contributed by atoms with Gasteiger partial charge in [-0.15, -0.1) is 5.10 Å². The van der Waals surface area contributed by atoms with Crippen LogP contribution >= 0.6 is 0 Å². The lowest BCUT2D eigenvalue weighted by Crippen LogP contribution is -2.45. The topological polar surface area (TPSA) is 91.0 Å². The van der Waals surface area contributed by atoms with E-state index in [0.29, 0.717) is 19.0 Å². The molecule has 0 aromatic carbocycles. The minimum absolute atomic E-state index is 0.0641. The van der Waals surface area contributed by atoms with Gasteiger partial charge in [-0.1, -0.05) is 12.8 Å². The van der Waals surface area contributed by atoms with E-state index in [1.165, 1.54) is 10.7 Å². The van der Waals surface area contributed by atoms with Gasteiger partial charge >= 0.3 is 0 Å². The molecule has 8 heteroatoms. The Kier molecular flexibility index (Phi) is 4.35. The first-order valence-corrected chi connectivity index (χ1v) is 8.70. The maximum absolute atomic E-state index is 12.4. The van der Waals surface area contributed by atoms with E-state index in [0.717, 1.165) is 25.7 Å². The molecule has 1 aliphatic heterocycles. The Bertz CT molecular complexity index is 795. The van der Waals surface area contributed by atoms with E-state index < -0.39 is 0 Å². The van der Waals surface area contributed by atoms with Gasteiger partial charge < -0.3 is 10.1 Å². The summed E-state index contributed by atoms with van der Waals surface area (Å²) in [6, 6.07) is 4.34. The lowest BCUT2D eigenvalue weighted by molar-refractivity contribution is -0.125. The van der Waals surface area contributed by atoms with E-state index in [2.05, 4.69) is 15.5 Å². The third-order valence-electron chi connectivity index (χ3n) is 4.97. The number of carbonyl (C=O) groups excluding carboxylic acids is 1. The molecular weight excluding hydrogens is 322 g/mol. The van der Waals surface area contributed by atoms with Gasteiger partial charge in [0, 0.05) is 24.4 Å². The summed E-state index contributed by atoms with van der Waals surface area (Å²) in [7, 11) is 0. The predicted octanol–water partition coefficient (Wildman–Crippen LogP) is 0.675. The molecule has 25 heavy (non-hydrogen) atoms. The van der Waals surface area contributed by atoms with E-state index in [-0.39, 0.29) is 29.5 Å². The number of ether oxygens (including phenoxy) is 1. The fourth-order valence-corrected chi connectivity index (χ4v) is 3.59. The van der Waals surface area contributed by atoms with Crippen LogP contribution in [0.3, 0.4) is 0 Å². The highest BCUT2D eigenvalue weighted by Gasteiger charge is 2.34. The molecule has 1 aliphatic carbocycles. The number of rotatable bonds is 4. The minimum Gasteiger partial charge on any atom is -0.377 e. The van der Waals surface area contributed by atoms with Crippen LogP contribution in [0.15, 0.2) is 35.4 Å². The van der Waals surface area contributed by atoms with Crippen LogP contribution in [-0.2, 0) is 9.53 Å². The molecule has 0 bridgehead atoms. The Morgan fingerprint density at radius 2 is 2.08 bits per heavy atom. The summed E-state index contributed by atoms with van der Waals surface area (Å²) in [6.07, 6.45) is 7.52. The van der Waals surface area contributed by atoms with E-state index in [1.54, 1.807) is 29.2 Å². The number of hydrogen-bond acceptors (Lipinski definition) is 5. The van der Waals surface area contributed by atoms with Crippen molar-refractivity contribution in [3.05, 3.63) is 40.9 Å². The van der Waals surface area contributed by atoms with Gasteiger partial charge in [0.1, 0.15) is 6.04 Å². The zero-order valence-corrected chi connectivity index (χ0v) is 13.9. The van der Waals surface area contributed by atoms with Gasteiger partial charge in [-0.2, -0.15) is 5.10 Å². The lowest BCUT2D eigenvalue weighted by atomic mass is 10.1. The summed E-state index contributed by atoms with van der Waals surface area (Å²) in [4.78, 5) is 24.7. The minimum atomic E-state index is -0.312. The average Bonchev–Trinajstić information content (AvgIpc) is 3.37. The van der Waals surface area contributed by atoms with Crippen molar-refractivity contribution in [1.29, 1.82) is 0 Å². The first kappa shape index (κ1) is 16.0. The van der Waals surface area contributed by atoms with Crippen LogP contribution in [0.1, 0.15) is 31.7 Å². The van der Waals surface area contributed by atoms with Crippen LogP contribution in [0.4, 0.5) is 0 Å². The second-order valence-electron chi connectivity index (χ2n) is 6.63. The summed E-state index contributed by atoms with van der Waals surface area (Å²) in [5.41, 5.74) is -0.216. The van der Waals surface area contributed by atoms with Crippen molar-refractivity contribution in [2.75, 3.05) is 13.2 Å². The maximum Gasteiger partial charge on any atom is 0.267 e. The van der Waals surface area contributed by atoms with Gasteiger partial charge in [-0.05, 0) is 25.0 Å². The van der Waals surface area contributed by atoms with Crippen molar-refractivity contribution >= 4 is 5.91 Å². The Morgan fingerprint density at radius 3 is 2.84 bits per heavy atom. The highest BCUT2D eigenvalue weighted by molar-refractivity contribution is 5.79. The highest BCUT2D eigenvalue weighted by atomic mass is 16.5. The van der Waals surface area contributed by atoms with E-state index in [1.807, 2.05) is 0 Å². The third-order valence-corrected chi connectivity index (χ3v) is 4.97. The van der Waals surface area contributed by atoms with Gasteiger partial charge in [0.2, 0.25) is 5.91 Å². The van der Waals surface area contributed by atoms with Gasteiger partial charge in [0.15, 0.2) is 5.82 Å². The summed E-state index contributed by atoms with van der Waals surface area (Å²) in [6.45, 7) is 0.744. The van der Waals surface area contributed by atoms with E-state index in [4.69, 9.17) is 4.74 Å². The molecule has 4 rings (SSSR count). The van der Waals surface area contributed by atoms with Crippen LogP contribution in [0.5, 0.6) is 0 Å². The molecule has 2 unspecified atom stereocenters. The number of amides is 1. The first-order valence-electron chi connectivity index (χ1n) is 8.70. The normalized spacial score (nSPS) is 23.8. The molecule has 2 fully saturated rings. The second kappa shape index (κ2) is 6.79. The number of hydrogen-bond donors (Lipinski definition) is 1. The molecule has 2 atom stereocenters. The number of aromatic nitrogens is 4. The molecule has 1 saturated heterocycles. The SMILES string of the molecule is O=C(NC1COCC1n1nc(-n2cccn2)ccc1=O)C1CCCC1. The molecule has 2 aliphatic rings. The zero-order valence-electron chi connectivity index (χ0n) is 13.9. The Morgan fingerprint density at radius 1 is 1.24 bits per heavy atom. The molecule has 3 heterocycles. The third kappa shape index (κ3) is 3.21. The molecule has 132 valence electrons. The largest absolute Gasteiger partial charge is 0.377 e. The molecule has 2 aromatic rings. The van der Waals surface area contributed by atoms with Crippen molar-refractivity contribution in [3.8, 4) is 5.82 Å². The fourth-order valence-electron chi connectivity index (χ4n) is 3.59. The van der Waals surface area contributed by atoms with Crippen LogP contribution in [0, 0.1) is 5.92 Å². The quantitative estimate of drug-likeness (QED) is 0.881. The lowest BCUT2D eigenvalue weighted by Gasteiger charge is -2.22. The monoisotopic (exact) mass is 343 g/mol. The van der Waals surface area contributed by atoms with Crippen LogP contribution in [-0.4, -0.2) is 44.7 Å². The summed E-state index contributed by atoms with van der Waals surface area (Å²) in [5.74, 6) is 0.702. The van der Waals surface area contributed by atoms with Crippen LogP contribution < -0.4 is 10.9 Å². The van der Waals surface area contributed by atoms with Crippen molar-refractivity contribution in [1.82, 2.24) is 24.9 Å². The number of nitrogens with zero attached hydrogens (tertiary/aromatic N) is 4. The highest BCUT2D eigenvalue weighted by Crippen LogP contribution is 2.26. The molecule has 1 N–H and O–H groups in total. The van der Waals surface area contributed by atoms with Crippen molar-refractivity contribution in [3.63, 3.8) is 0 Å². The second-order valence-corrected chi connectivity index (χ2v) is 6.63. The van der Waals surface area contributed by atoms with E-state index >= 15 is 0 Å². The number of carbonyl (C=O) groups is 1. The van der Waals surface area contributed by atoms with Crippen molar-refractivity contribution in [2.45, 2.75) is 37.8 Å². The summed E-state index contributed by atoms with van der Waals surface area (Å²) >= 11 is 0. The van der Waals surface area contributed by atoms with Crippen LogP contribution in [0.25, 0.3) is 5.82 Å². The molecule has 2 aromatic heterocycles. The Hall–Kier alpha value is -2.48. The molecule has 1 amide bonds. The standard InChI is InChI=1S/C17H21N5O3/c23-16-7-6-15(21-9-3-8-18-21)20-22(16)14-11-25-10-13(14)19-17(24)12-4-1-2-5-12/h3,6-9,12-14H,1-2,4-5,10-11H2,(H,19,24). The maximum atomic E-state index is 12.4. The first-order chi connectivity index (χ1) is 12.2. The van der Waals surface area contributed by atoms with Crippen molar-refractivity contribution < 1.29 is 9.53 Å². The Balaban J connectivity index is 1.56. The number of nitrogens with one attached hydrogen (secondary N) is 1. The van der Waals surface area contributed by atoms with Gasteiger partial charge in [-0.25, -0.2) is 9.36 Å². The molecule has 0 radical (unpaired) electrons. The van der Waals surface area contributed by atoms with Gasteiger partial charge in [0.05, 0.1) is 19.3 Å². The zero-order chi connectivity index (χ0) is 17.2. The van der Waals surface area contributed by atoms with E-state index in [9.17, 15) is 9.59 Å². The van der Waals surface area contributed by atoms with Crippen molar-refractivity contribution in [2.24, 2.45) is 5.92 Å². The molecular formula is C17H21N5O3. The molecule has 0 spiro atoms. The summed E-state index contributed by atoms with van der Waals surface area (Å²) in [5, 5.41) is 11.6. The average molecular weight is 343 g/mol.